The van der Waals surface area contributed by atoms with Gasteiger partial charge in [0.15, 0.2) is 5.11 Å². The minimum absolute atomic E-state index is 0.222. The summed E-state index contributed by atoms with van der Waals surface area (Å²) in [5, 5.41) is 8.06. The van der Waals surface area contributed by atoms with Gasteiger partial charge in [0.05, 0.1) is 12.2 Å². The largest absolute Gasteiger partial charge is 0.462 e. The second-order valence-electron chi connectivity index (χ2n) is 7.84. The number of esters is 1. The minimum Gasteiger partial charge on any atom is -0.462 e. The Balaban J connectivity index is 1.81. The number of hydrogen-bond donors (Lipinski definition) is 2. The van der Waals surface area contributed by atoms with E-state index in [9.17, 15) is 4.79 Å². The summed E-state index contributed by atoms with van der Waals surface area (Å²) in [5.41, 5.74) is 1.89. The van der Waals surface area contributed by atoms with Crippen LogP contribution < -0.4 is 10.6 Å². The Kier molecular flexibility index (Phi) is 11.6. The number of aryl methyl sites for hydroxylation is 1. The van der Waals surface area contributed by atoms with E-state index in [2.05, 4.69) is 17.6 Å². The number of carbonyl (C=O) groups is 1. The number of fused-ring (bicyclic) bond motifs is 1. The third kappa shape index (κ3) is 8.25. The van der Waals surface area contributed by atoms with Crippen LogP contribution in [0.25, 0.3) is 0 Å². The molecule has 164 valence electrons. The fourth-order valence-electron chi connectivity index (χ4n) is 3.86. The Hall–Kier alpha value is -1.14. The topological polar surface area (TPSA) is 50.4 Å². The number of rotatable bonds is 12. The molecule has 0 fully saturated rings. The Morgan fingerprint density at radius 2 is 1.69 bits per heavy atom. The number of carbonyl (C=O) groups excluding carboxylic acids is 1. The first kappa shape index (κ1) is 24.1. The van der Waals surface area contributed by atoms with Gasteiger partial charge < -0.3 is 15.4 Å². The van der Waals surface area contributed by atoms with Crippen molar-refractivity contribution in [2.45, 2.75) is 97.3 Å². The van der Waals surface area contributed by atoms with Gasteiger partial charge in [0.25, 0.3) is 0 Å². The van der Waals surface area contributed by atoms with Gasteiger partial charge in [-0.2, -0.15) is 0 Å². The fraction of sp³-hybridized carbons (Fsp3) is 0.739. The lowest BCUT2D eigenvalue weighted by Crippen LogP contribution is -2.29. The van der Waals surface area contributed by atoms with Crippen LogP contribution in [0.3, 0.4) is 0 Å². The molecule has 4 nitrogen and oxygen atoms in total. The van der Waals surface area contributed by atoms with Crippen LogP contribution in [0.15, 0.2) is 0 Å². The van der Waals surface area contributed by atoms with Gasteiger partial charge >= 0.3 is 5.97 Å². The molecule has 29 heavy (non-hydrogen) atoms. The molecule has 0 unspecified atom stereocenters. The molecule has 2 N–H and O–H groups in total. The number of anilines is 1. The molecule has 0 aliphatic heterocycles. The molecule has 0 saturated heterocycles. The lowest BCUT2D eigenvalue weighted by atomic mass is 10.1. The molecule has 0 saturated carbocycles. The zero-order valence-electron chi connectivity index (χ0n) is 18.2. The van der Waals surface area contributed by atoms with Gasteiger partial charge in [-0.3, -0.25) is 0 Å². The first-order valence-corrected chi connectivity index (χ1v) is 12.8. The van der Waals surface area contributed by atoms with Crippen molar-refractivity contribution >= 4 is 39.6 Å². The summed E-state index contributed by atoms with van der Waals surface area (Å²) >= 11 is 7.17. The third-order valence-corrected chi connectivity index (χ3v) is 6.90. The molecule has 0 radical (unpaired) electrons. The van der Waals surface area contributed by atoms with Gasteiger partial charge in [-0.25, -0.2) is 4.79 Å². The van der Waals surface area contributed by atoms with Gasteiger partial charge in [0, 0.05) is 11.4 Å². The minimum atomic E-state index is -0.222. The average molecular weight is 439 g/mol. The average Bonchev–Trinajstić information content (AvgIpc) is 2.87. The van der Waals surface area contributed by atoms with E-state index in [0.717, 1.165) is 37.2 Å². The van der Waals surface area contributed by atoms with E-state index in [4.69, 9.17) is 17.0 Å². The second kappa shape index (κ2) is 14.0. The van der Waals surface area contributed by atoms with E-state index in [1.807, 2.05) is 6.92 Å². The summed E-state index contributed by atoms with van der Waals surface area (Å²) in [4.78, 5) is 13.9. The van der Waals surface area contributed by atoms with Crippen LogP contribution in [0.1, 0.15) is 105 Å². The van der Waals surface area contributed by atoms with Crippen LogP contribution in [0, 0.1) is 0 Å². The second-order valence-corrected chi connectivity index (χ2v) is 9.36. The molecule has 1 heterocycles. The normalized spacial score (nSPS) is 13.4. The zero-order valence-corrected chi connectivity index (χ0v) is 19.9. The first-order valence-electron chi connectivity index (χ1n) is 11.5. The van der Waals surface area contributed by atoms with Crippen molar-refractivity contribution < 1.29 is 9.53 Å². The lowest BCUT2D eigenvalue weighted by Gasteiger charge is -2.11. The Labute approximate surface area is 186 Å². The van der Waals surface area contributed by atoms with Crippen molar-refractivity contribution in [3.63, 3.8) is 0 Å². The third-order valence-electron chi connectivity index (χ3n) is 5.44. The summed E-state index contributed by atoms with van der Waals surface area (Å²) < 4.78 is 5.34. The van der Waals surface area contributed by atoms with Gasteiger partial charge in [0.1, 0.15) is 5.00 Å². The van der Waals surface area contributed by atoms with E-state index in [0.29, 0.717) is 17.3 Å². The van der Waals surface area contributed by atoms with Crippen LogP contribution in [0.5, 0.6) is 0 Å². The number of ether oxygens (including phenoxy) is 1. The van der Waals surface area contributed by atoms with E-state index in [1.165, 1.54) is 68.2 Å². The van der Waals surface area contributed by atoms with Crippen molar-refractivity contribution in [2.24, 2.45) is 0 Å². The highest BCUT2D eigenvalue weighted by Crippen LogP contribution is 2.38. The van der Waals surface area contributed by atoms with Gasteiger partial charge in [-0.1, -0.05) is 58.3 Å². The van der Waals surface area contributed by atoms with E-state index in [-0.39, 0.29) is 5.97 Å². The molecule has 0 aromatic carbocycles. The van der Waals surface area contributed by atoms with Crippen LogP contribution in [0.4, 0.5) is 5.00 Å². The molecule has 1 aliphatic carbocycles. The standard InChI is InChI=1S/C23H38N2O2S2/c1-3-5-6-7-8-9-10-14-17-24-23(28)25-21-20(22(26)27-4-2)18-15-12-11-13-16-19(18)29-21/h3-17H2,1-2H3,(H2,24,25,28). The number of nitrogens with one attached hydrogen (secondary N) is 2. The maximum absolute atomic E-state index is 12.6. The summed E-state index contributed by atoms with van der Waals surface area (Å²) in [6.07, 6.45) is 16.0. The van der Waals surface area contributed by atoms with Crippen LogP contribution >= 0.6 is 23.6 Å². The molecule has 2 rings (SSSR count). The van der Waals surface area contributed by atoms with Crippen LogP contribution in [0.2, 0.25) is 0 Å². The summed E-state index contributed by atoms with van der Waals surface area (Å²) in [5.74, 6) is -0.222. The summed E-state index contributed by atoms with van der Waals surface area (Å²) in [6.45, 7) is 5.38. The van der Waals surface area contributed by atoms with Crippen molar-refractivity contribution in [3.05, 3.63) is 16.0 Å². The Morgan fingerprint density at radius 3 is 2.41 bits per heavy atom. The van der Waals surface area contributed by atoms with E-state index < -0.39 is 0 Å². The Morgan fingerprint density at radius 1 is 1.00 bits per heavy atom. The summed E-state index contributed by atoms with van der Waals surface area (Å²) in [6, 6.07) is 0. The number of thiocarbonyl (C=S) groups is 1. The molecular formula is C23H38N2O2S2. The fourth-order valence-corrected chi connectivity index (χ4v) is 5.41. The van der Waals surface area contributed by atoms with Gasteiger partial charge in [-0.05, 0) is 56.8 Å². The van der Waals surface area contributed by atoms with Crippen LogP contribution in [-0.2, 0) is 17.6 Å². The highest BCUT2D eigenvalue weighted by atomic mass is 32.1. The maximum Gasteiger partial charge on any atom is 0.341 e. The molecule has 0 bridgehead atoms. The monoisotopic (exact) mass is 438 g/mol. The predicted molar refractivity (Wildman–Crippen MR) is 128 cm³/mol. The van der Waals surface area contributed by atoms with Crippen molar-refractivity contribution in [3.8, 4) is 0 Å². The highest BCUT2D eigenvalue weighted by Gasteiger charge is 2.26. The van der Waals surface area contributed by atoms with Gasteiger partial charge in [-0.15, -0.1) is 11.3 Å². The highest BCUT2D eigenvalue weighted by molar-refractivity contribution is 7.80. The van der Waals surface area contributed by atoms with E-state index in [1.54, 1.807) is 11.3 Å². The quantitative estimate of drug-likeness (QED) is 0.166. The SMILES string of the molecule is CCCCCCCCCCNC(=S)Nc1sc2c(c1C(=O)OCC)CCCCC2. The predicted octanol–water partition coefficient (Wildman–Crippen LogP) is 6.62. The zero-order chi connectivity index (χ0) is 20.9. The molecule has 0 amide bonds. The summed E-state index contributed by atoms with van der Waals surface area (Å²) in [7, 11) is 0. The maximum atomic E-state index is 12.6. The van der Waals surface area contributed by atoms with Crippen molar-refractivity contribution in [1.82, 2.24) is 5.32 Å². The lowest BCUT2D eigenvalue weighted by molar-refractivity contribution is 0.0527. The first-order chi connectivity index (χ1) is 14.2. The number of hydrogen-bond acceptors (Lipinski definition) is 4. The number of unbranched alkanes of at least 4 members (excludes halogenated alkanes) is 7. The molecule has 1 aliphatic rings. The molecule has 0 atom stereocenters. The smallest absolute Gasteiger partial charge is 0.341 e. The molecule has 0 spiro atoms. The molecule has 1 aromatic heterocycles. The van der Waals surface area contributed by atoms with Crippen molar-refractivity contribution in [1.29, 1.82) is 0 Å². The molecule has 6 heteroatoms. The van der Waals surface area contributed by atoms with Crippen molar-refractivity contribution in [2.75, 3.05) is 18.5 Å². The van der Waals surface area contributed by atoms with Crippen LogP contribution in [-0.4, -0.2) is 24.2 Å². The molecule has 1 aromatic rings. The van der Waals surface area contributed by atoms with Gasteiger partial charge in [0.2, 0.25) is 0 Å². The number of thiophene rings is 1. The van der Waals surface area contributed by atoms with E-state index >= 15 is 0 Å². The molecular weight excluding hydrogens is 400 g/mol. The Bertz CT molecular complexity index is 643.